The Labute approximate surface area is 120 Å². The highest BCUT2D eigenvalue weighted by atomic mass is 15.3. The van der Waals surface area contributed by atoms with E-state index < -0.39 is 0 Å². The average Bonchev–Trinajstić information content (AvgIpc) is 2.32. The Morgan fingerprint density at radius 1 is 0.579 bits per heavy atom. The Morgan fingerprint density at radius 3 is 1.42 bits per heavy atom. The SMILES string of the molecule is C[N+](C)(C)CCCCC[N+](C)(CCCN)CCCN. The standard InChI is InChI=1S/C15H38N4/c1-18(2,3)12-6-5-7-13-19(4,14-8-10-16)15-9-11-17/h5-17H2,1-4H3/q+2. The second-order valence-electron chi connectivity index (χ2n) is 7.15. The number of nitrogens with two attached hydrogens (primary N) is 2. The van der Waals surface area contributed by atoms with Crippen LogP contribution in [0.15, 0.2) is 0 Å². The van der Waals surface area contributed by atoms with E-state index in [1.54, 1.807) is 0 Å². The molecule has 0 aromatic heterocycles. The Balaban J connectivity index is 3.91. The van der Waals surface area contributed by atoms with E-state index in [1.165, 1.54) is 45.4 Å². The molecule has 0 aliphatic heterocycles. The second-order valence-corrected chi connectivity index (χ2v) is 7.15. The summed E-state index contributed by atoms with van der Waals surface area (Å²) in [5.74, 6) is 0. The first-order chi connectivity index (χ1) is 8.83. The summed E-state index contributed by atoms with van der Waals surface area (Å²) in [6.45, 7) is 6.56. The third kappa shape index (κ3) is 11.4. The molecule has 0 saturated heterocycles. The monoisotopic (exact) mass is 274 g/mol. The summed E-state index contributed by atoms with van der Waals surface area (Å²) in [7, 11) is 9.17. The van der Waals surface area contributed by atoms with Crippen molar-refractivity contribution in [1.29, 1.82) is 0 Å². The number of hydrogen-bond acceptors (Lipinski definition) is 2. The first-order valence-electron chi connectivity index (χ1n) is 7.87. The fraction of sp³-hybridized carbons (Fsp3) is 1.00. The molecule has 0 unspecified atom stereocenters. The van der Waals surface area contributed by atoms with Crippen LogP contribution in [-0.2, 0) is 0 Å². The lowest BCUT2D eigenvalue weighted by atomic mass is 10.1. The molecule has 0 radical (unpaired) electrons. The highest BCUT2D eigenvalue weighted by Crippen LogP contribution is 2.10. The van der Waals surface area contributed by atoms with Gasteiger partial charge in [-0.3, -0.25) is 0 Å². The van der Waals surface area contributed by atoms with Crippen LogP contribution in [0.25, 0.3) is 0 Å². The minimum absolute atomic E-state index is 0.804. The molecular formula is C15H38N4+2. The van der Waals surface area contributed by atoms with E-state index in [0.29, 0.717) is 0 Å². The van der Waals surface area contributed by atoms with Crippen molar-refractivity contribution in [3.63, 3.8) is 0 Å². The molecule has 116 valence electrons. The van der Waals surface area contributed by atoms with Crippen LogP contribution in [0.1, 0.15) is 32.1 Å². The van der Waals surface area contributed by atoms with Gasteiger partial charge in [-0.05, 0) is 32.4 Å². The van der Waals surface area contributed by atoms with Gasteiger partial charge >= 0.3 is 0 Å². The predicted octanol–water partition coefficient (Wildman–Crippen LogP) is 1.01. The minimum Gasteiger partial charge on any atom is -0.331 e. The van der Waals surface area contributed by atoms with Gasteiger partial charge in [0, 0.05) is 12.8 Å². The van der Waals surface area contributed by atoms with Crippen LogP contribution in [0.5, 0.6) is 0 Å². The smallest absolute Gasteiger partial charge is 0.0796 e. The quantitative estimate of drug-likeness (QED) is 0.412. The van der Waals surface area contributed by atoms with Gasteiger partial charge in [-0.25, -0.2) is 0 Å². The minimum atomic E-state index is 0.804. The Hall–Kier alpha value is -0.160. The van der Waals surface area contributed by atoms with E-state index in [9.17, 15) is 0 Å². The molecule has 0 aliphatic carbocycles. The zero-order valence-corrected chi connectivity index (χ0v) is 13.8. The first kappa shape index (κ1) is 18.8. The summed E-state index contributed by atoms with van der Waals surface area (Å²) < 4.78 is 2.23. The van der Waals surface area contributed by atoms with Crippen LogP contribution in [0.2, 0.25) is 0 Å². The number of quaternary nitrogens is 2. The molecule has 0 heterocycles. The third-order valence-electron chi connectivity index (χ3n) is 3.83. The lowest BCUT2D eigenvalue weighted by Crippen LogP contribution is -2.47. The summed E-state index contributed by atoms with van der Waals surface area (Å²) in [5, 5.41) is 0. The molecule has 0 saturated carbocycles. The van der Waals surface area contributed by atoms with Gasteiger partial charge in [-0.2, -0.15) is 0 Å². The number of nitrogens with zero attached hydrogens (tertiary/aromatic N) is 2. The van der Waals surface area contributed by atoms with Gasteiger partial charge in [0.2, 0.25) is 0 Å². The van der Waals surface area contributed by atoms with E-state index in [0.717, 1.165) is 34.9 Å². The van der Waals surface area contributed by atoms with Crippen LogP contribution in [0, 0.1) is 0 Å². The molecule has 4 nitrogen and oxygen atoms in total. The van der Waals surface area contributed by atoms with E-state index in [2.05, 4.69) is 28.2 Å². The van der Waals surface area contributed by atoms with Gasteiger partial charge in [-0.15, -0.1) is 0 Å². The normalized spacial score (nSPS) is 12.9. The van der Waals surface area contributed by atoms with E-state index >= 15 is 0 Å². The third-order valence-corrected chi connectivity index (χ3v) is 3.83. The van der Waals surface area contributed by atoms with Gasteiger partial charge in [-0.1, -0.05) is 0 Å². The molecule has 0 atom stereocenters. The van der Waals surface area contributed by atoms with Crippen molar-refractivity contribution in [2.45, 2.75) is 32.1 Å². The fourth-order valence-corrected chi connectivity index (χ4v) is 2.54. The summed E-state index contributed by atoms with van der Waals surface area (Å²) in [6, 6.07) is 0. The Bertz CT molecular complexity index is 203. The summed E-state index contributed by atoms with van der Waals surface area (Å²) in [6.07, 6.45) is 6.25. The molecule has 0 amide bonds. The van der Waals surface area contributed by atoms with Crippen molar-refractivity contribution in [3.05, 3.63) is 0 Å². The predicted molar refractivity (Wildman–Crippen MR) is 84.9 cm³/mol. The van der Waals surface area contributed by atoms with E-state index in [1.807, 2.05) is 0 Å². The van der Waals surface area contributed by atoms with Crippen LogP contribution in [0.4, 0.5) is 0 Å². The van der Waals surface area contributed by atoms with Crippen molar-refractivity contribution in [2.75, 3.05) is 67.5 Å². The van der Waals surface area contributed by atoms with Crippen molar-refractivity contribution in [1.82, 2.24) is 0 Å². The van der Waals surface area contributed by atoms with Crippen LogP contribution < -0.4 is 11.5 Å². The fourth-order valence-electron chi connectivity index (χ4n) is 2.54. The van der Waals surface area contributed by atoms with Crippen molar-refractivity contribution in [3.8, 4) is 0 Å². The second kappa shape index (κ2) is 9.70. The molecule has 0 aliphatic rings. The first-order valence-corrected chi connectivity index (χ1v) is 7.87. The van der Waals surface area contributed by atoms with E-state index in [-0.39, 0.29) is 0 Å². The van der Waals surface area contributed by atoms with Gasteiger partial charge in [0.15, 0.2) is 0 Å². The number of hydrogen-bond donors (Lipinski definition) is 2. The highest BCUT2D eigenvalue weighted by molar-refractivity contribution is 4.48. The zero-order valence-electron chi connectivity index (χ0n) is 13.8. The largest absolute Gasteiger partial charge is 0.331 e. The molecule has 0 aromatic rings. The van der Waals surface area contributed by atoms with Crippen molar-refractivity contribution in [2.24, 2.45) is 11.5 Å². The molecule has 19 heavy (non-hydrogen) atoms. The number of rotatable bonds is 12. The van der Waals surface area contributed by atoms with Crippen LogP contribution in [-0.4, -0.2) is 76.4 Å². The average molecular weight is 274 g/mol. The van der Waals surface area contributed by atoms with Gasteiger partial charge < -0.3 is 20.4 Å². The van der Waals surface area contributed by atoms with Gasteiger partial charge in [0.25, 0.3) is 0 Å². The summed E-state index contributed by atoms with van der Waals surface area (Å²) >= 11 is 0. The molecule has 4 heteroatoms. The Morgan fingerprint density at radius 2 is 1.00 bits per heavy atom. The summed E-state index contributed by atoms with van der Waals surface area (Å²) in [5.41, 5.74) is 11.3. The molecule has 4 N–H and O–H groups in total. The number of unbranched alkanes of at least 4 members (excludes halogenated alkanes) is 2. The van der Waals surface area contributed by atoms with Gasteiger partial charge in [0.1, 0.15) is 0 Å². The lowest BCUT2D eigenvalue weighted by Gasteiger charge is -2.35. The maximum atomic E-state index is 5.65. The Kier molecular flexibility index (Phi) is 9.62. The van der Waals surface area contributed by atoms with Crippen LogP contribution >= 0.6 is 0 Å². The summed E-state index contributed by atoms with van der Waals surface area (Å²) in [4.78, 5) is 0. The van der Waals surface area contributed by atoms with E-state index in [4.69, 9.17) is 11.5 Å². The molecule has 0 fully saturated rings. The molecule has 0 aromatic carbocycles. The maximum absolute atomic E-state index is 5.65. The zero-order chi connectivity index (χ0) is 14.8. The molecule has 0 bridgehead atoms. The maximum Gasteiger partial charge on any atom is 0.0796 e. The van der Waals surface area contributed by atoms with Crippen molar-refractivity contribution >= 4 is 0 Å². The molecule has 0 rings (SSSR count). The van der Waals surface area contributed by atoms with Crippen LogP contribution in [0.3, 0.4) is 0 Å². The lowest BCUT2D eigenvalue weighted by molar-refractivity contribution is -0.910. The topological polar surface area (TPSA) is 52.0 Å². The highest BCUT2D eigenvalue weighted by Gasteiger charge is 2.19. The van der Waals surface area contributed by atoms with Crippen molar-refractivity contribution < 1.29 is 8.97 Å². The molecule has 0 spiro atoms. The van der Waals surface area contributed by atoms with Gasteiger partial charge in [0.05, 0.1) is 54.4 Å². The molecular weight excluding hydrogens is 236 g/mol.